The Kier molecular flexibility index (Phi) is 4.37. The molecular weight excluding hydrogens is 362 g/mol. The smallest absolute Gasteiger partial charge is 0.171 e. The molecule has 0 aliphatic heterocycles. The fourth-order valence-electron chi connectivity index (χ4n) is 2.89. The quantitative estimate of drug-likeness (QED) is 0.472. The van der Waals surface area contributed by atoms with Crippen molar-refractivity contribution < 1.29 is 0 Å². The molecule has 0 unspecified atom stereocenters. The van der Waals surface area contributed by atoms with Crippen molar-refractivity contribution >= 4 is 39.9 Å². The van der Waals surface area contributed by atoms with Crippen LogP contribution in [0.1, 0.15) is 16.0 Å². The van der Waals surface area contributed by atoms with Gasteiger partial charge in [0.2, 0.25) is 0 Å². The molecule has 0 aliphatic carbocycles. The highest BCUT2D eigenvalue weighted by Gasteiger charge is 2.13. The first-order chi connectivity index (χ1) is 12.7. The summed E-state index contributed by atoms with van der Waals surface area (Å²) in [7, 11) is 0. The number of nitriles is 1. The molecule has 3 aromatic heterocycles. The van der Waals surface area contributed by atoms with Crippen LogP contribution in [0.2, 0.25) is 0 Å². The Morgan fingerprint density at radius 3 is 2.77 bits per heavy atom. The molecule has 7 heteroatoms. The maximum absolute atomic E-state index is 9.28. The molecule has 2 N–H and O–H groups in total. The van der Waals surface area contributed by atoms with E-state index < -0.39 is 0 Å². The molecule has 1 aromatic carbocycles. The van der Waals surface area contributed by atoms with Crippen LogP contribution in [0.15, 0.2) is 47.2 Å². The number of nitrogens with zero attached hydrogens (tertiary/aromatic N) is 3. The largest absolute Gasteiger partial charge is 0.358 e. The van der Waals surface area contributed by atoms with Gasteiger partial charge in [0.1, 0.15) is 6.07 Å². The molecule has 128 valence electrons. The van der Waals surface area contributed by atoms with Crippen molar-refractivity contribution in [2.45, 2.75) is 18.2 Å². The summed E-state index contributed by atoms with van der Waals surface area (Å²) >= 11 is 3.13. The van der Waals surface area contributed by atoms with Gasteiger partial charge in [-0.25, -0.2) is 4.98 Å². The lowest BCUT2D eigenvalue weighted by molar-refractivity contribution is 1.23. The summed E-state index contributed by atoms with van der Waals surface area (Å²) < 4.78 is 4.31. The van der Waals surface area contributed by atoms with E-state index in [1.807, 2.05) is 31.2 Å². The lowest BCUT2D eigenvalue weighted by Crippen LogP contribution is -1.89. The maximum atomic E-state index is 9.28. The van der Waals surface area contributed by atoms with Gasteiger partial charge in [0, 0.05) is 46.4 Å². The Morgan fingerprint density at radius 1 is 1.19 bits per heavy atom. The second kappa shape index (κ2) is 6.83. The third-order valence-corrected chi connectivity index (χ3v) is 6.00. The fraction of sp³-hybridized carbons (Fsp3) is 0.105. The van der Waals surface area contributed by atoms with E-state index in [0.717, 1.165) is 37.8 Å². The molecule has 0 fully saturated rings. The van der Waals surface area contributed by atoms with E-state index in [9.17, 15) is 5.26 Å². The lowest BCUT2D eigenvalue weighted by atomic mass is 10.1. The van der Waals surface area contributed by atoms with Crippen LogP contribution >= 0.6 is 23.3 Å². The van der Waals surface area contributed by atoms with Crippen molar-refractivity contribution in [3.63, 3.8) is 0 Å². The van der Waals surface area contributed by atoms with Crippen LogP contribution in [-0.2, 0) is 0 Å². The van der Waals surface area contributed by atoms with Gasteiger partial charge in [0.15, 0.2) is 4.34 Å². The number of thiazole rings is 1. The number of aromatic nitrogens is 3. The SMILES string of the molecule is Cc1sc(SNc2ccc(C)c3c(C#N)c[nH]c23)nc1-c1ccncc1. The zero-order valence-corrected chi connectivity index (χ0v) is 15.8. The van der Waals surface area contributed by atoms with Crippen molar-refractivity contribution in [1.82, 2.24) is 15.0 Å². The first-order valence-electron chi connectivity index (χ1n) is 7.99. The summed E-state index contributed by atoms with van der Waals surface area (Å²) in [4.78, 5) is 13.2. The Hall–Kier alpha value is -2.82. The van der Waals surface area contributed by atoms with Gasteiger partial charge >= 0.3 is 0 Å². The van der Waals surface area contributed by atoms with E-state index in [2.05, 4.69) is 27.7 Å². The number of hydrogen-bond donors (Lipinski definition) is 2. The molecule has 26 heavy (non-hydrogen) atoms. The summed E-state index contributed by atoms with van der Waals surface area (Å²) in [6.45, 7) is 4.09. The summed E-state index contributed by atoms with van der Waals surface area (Å²) in [5.74, 6) is 0. The molecule has 0 saturated carbocycles. The van der Waals surface area contributed by atoms with Gasteiger partial charge in [0.05, 0.1) is 22.5 Å². The number of anilines is 1. The van der Waals surface area contributed by atoms with Crippen LogP contribution in [-0.4, -0.2) is 15.0 Å². The van der Waals surface area contributed by atoms with Crippen molar-refractivity contribution in [3.8, 4) is 17.3 Å². The molecular formula is C19H15N5S2. The van der Waals surface area contributed by atoms with E-state index >= 15 is 0 Å². The van der Waals surface area contributed by atoms with Gasteiger partial charge in [-0.1, -0.05) is 6.07 Å². The van der Waals surface area contributed by atoms with Gasteiger partial charge in [-0.05, 0) is 37.6 Å². The molecule has 0 bridgehead atoms. The van der Waals surface area contributed by atoms with Crippen LogP contribution in [0.3, 0.4) is 0 Å². The average Bonchev–Trinajstić information content (AvgIpc) is 3.26. The topological polar surface area (TPSA) is 77.4 Å². The van der Waals surface area contributed by atoms with Crippen LogP contribution < -0.4 is 4.72 Å². The van der Waals surface area contributed by atoms with E-state index in [0.29, 0.717) is 5.56 Å². The first kappa shape index (κ1) is 16.6. The van der Waals surface area contributed by atoms with Crippen LogP contribution in [0.25, 0.3) is 22.2 Å². The highest BCUT2D eigenvalue weighted by Crippen LogP contribution is 2.35. The minimum atomic E-state index is 0.663. The summed E-state index contributed by atoms with van der Waals surface area (Å²) in [5.41, 5.74) is 5.69. The van der Waals surface area contributed by atoms with E-state index in [1.165, 1.54) is 16.8 Å². The summed E-state index contributed by atoms with van der Waals surface area (Å²) in [6, 6.07) is 10.2. The number of rotatable bonds is 4. The van der Waals surface area contributed by atoms with Gasteiger partial charge in [-0.3, -0.25) is 4.98 Å². The number of benzene rings is 1. The number of pyridine rings is 1. The molecule has 0 atom stereocenters. The molecule has 4 aromatic rings. The molecule has 3 heterocycles. The number of fused-ring (bicyclic) bond motifs is 1. The highest BCUT2D eigenvalue weighted by molar-refractivity contribution is 8.02. The van der Waals surface area contributed by atoms with Crippen molar-refractivity contribution in [3.05, 3.63) is 58.9 Å². The Labute approximate surface area is 159 Å². The minimum Gasteiger partial charge on any atom is -0.358 e. The number of aryl methyl sites for hydroxylation is 2. The third kappa shape index (κ3) is 2.94. The molecule has 0 aliphatic rings. The zero-order chi connectivity index (χ0) is 18.1. The number of aromatic amines is 1. The van der Waals surface area contributed by atoms with Crippen LogP contribution in [0, 0.1) is 25.2 Å². The number of nitrogens with one attached hydrogen (secondary N) is 2. The van der Waals surface area contributed by atoms with Crippen molar-refractivity contribution in [2.24, 2.45) is 0 Å². The van der Waals surface area contributed by atoms with Crippen LogP contribution in [0.5, 0.6) is 0 Å². The molecule has 0 saturated heterocycles. The summed E-state index contributed by atoms with van der Waals surface area (Å²) in [6.07, 6.45) is 5.31. The van der Waals surface area contributed by atoms with E-state index in [4.69, 9.17) is 4.98 Å². The Morgan fingerprint density at radius 2 is 2.00 bits per heavy atom. The van der Waals surface area contributed by atoms with Gasteiger partial charge in [-0.15, -0.1) is 11.3 Å². The predicted octanol–water partition coefficient (Wildman–Crippen LogP) is 5.29. The van der Waals surface area contributed by atoms with E-state index in [-0.39, 0.29) is 0 Å². The molecule has 4 rings (SSSR count). The lowest BCUT2D eigenvalue weighted by Gasteiger charge is -2.06. The second-order valence-electron chi connectivity index (χ2n) is 5.82. The maximum Gasteiger partial charge on any atom is 0.171 e. The van der Waals surface area contributed by atoms with E-state index in [1.54, 1.807) is 29.9 Å². The Balaban J connectivity index is 1.61. The highest BCUT2D eigenvalue weighted by atomic mass is 32.2. The van der Waals surface area contributed by atoms with Gasteiger partial charge in [0.25, 0.3) is 0 Å². The monoisotopic (exact) mass is 377 g/mol. The van der Waals surface area contributed by atoms with Crippen molar-refractivity contribution in [1.29, 1.82) is 5.26 Å². The van der Waals surface area contributed by atoms with Crippen molar-refractivity contribution in [2.75, 3.05) is 4.72 Å². The standard InChI is InChI=1S/C19H15N5S2/c1-11-3-4-15(18-16(11)14(9-20)10-22-18)24-26-19-23-17(12(2)25-19)13-5-7-21-8-6-13/h3-8,10,22,24H,1-2H3. The van der Waals surface area contributed by atoms with Gasteiger partial charge in [-0.2, -0.15) is 5.26 Å². The minimum absolute atomic E-state index is 0.663. The summed E-state index contributed by atoms with van der Waals surface area (Å²) in [5, 5.41) is 10.2. The first-order valence-corrected chi connectivity index (χ1v) is 9.62. The molecule has 0 amide bonds. The fourth-order valence-corrected chi connectivity index (χ4v) is 4.72. The number of H-pyrrole nitrogens is 1. The second-order valence-corrected chi connectivity index (χ2v) is 8.08. The number of hydrogen-bond acceptors (Lipinski definition) is 6. The predicted molar refractivity (Wildman–Crippen MR) is 107 cm³/mol. The molecule has 5 nitrogen and oxygen atoms in total. The zero-order valence-electron chi connectivity index (χ0n) is 14.2. The average molecular weight is 377 g/mol. The molecule has 0 spiro atoms. The third-order valence-electron chi connectivity index (χ3n) is 4.14. The van der Waals surface area contributed by atoms with Crippen LogP contribution in [0.4, 0.5) is 5.69 Å². The Bertz CT molecular complexity index is 1120. The molecule has 0 radical (unpaired) electrons. The normalized spacial score (nSPS) is 10.8. The van der Waals surface area contributed by atoms with Gasteiger partial charge < -0.3 is 9.71 Å².